The van der Waals surface area contributed by atoms with Gasteiger partial charge in [-0.2, -0.15) is 0 Å². The third kappa shape index (κ3) is 2.41. The van der Waals surface area contributed by atoms with E-state index in [-0.39, 0.29) is 11.9 Å². The number of carboxylic acids is 1. The van der Waals surface area contributed by atoms with E-state index in [0.717, 1.165) is 17.0 Å². The first kappa shape index (κ1) is 13.5. The first-order valence-electron chi connectivity index (χ1n) is 6.58. The van der Waals surface area contributed by atoms with Crippen LogP contribution in [0.5, 0.6) is 0 Å². The monoisotopic (exact) mass is 292 g/mol. The second-order valence-corrected chi connectivity index (χ2v) is 6.10. The summed E-state index contributed by atoms with van der Waals surface area (Å²) >= 11 is 1.66. The Hall–Kier alpha value is -1.53. The Balaban J connectivity index is 1.88. The summed E-state index contributed by atoms with van der Waals surface area (Å²) in [6, 6.07) is 6.72. The van der Waals surface area contributed by atoms with E-state index in [9.17, 15) is 14.7 Å². The fraction of sp³-hybridized carbons (Fsp3) is 0.429. The molecule has 5 nitrogen and oxygen atoms in total. The van der Waals surface area contributed by atoms with Crippen molar-refractivity contribution in [2.75, 3.05) is 11.6 Å². The topological polar surface area (TPSA) is 69.6 Å². The van der Waals surface area contributed by atoms with E-state index in [1.54, 1.807) is 11.8 Å². The standard InChI is InChI=1S/C14H16N2O3S/c17-13(11-7-20-8-15-11)16-6-10-4-2-1-3-9(10)5-12(16)14(18)19/h1-4,11-12,15H,5-8H2,(H,18,19)/t11?,12-/m1/s1. The maximum absolute atomic E-state index is 12.5. The fourth-order valence-corrected chi connectivity index (χ4v) is 3.66. The summed E-state index contributed by atoms with van der Waals surface area (Å²) in [5.74, 6) is 0.428. The number of nitrogens with zero attached hydrogens (tertiary/aromatic N) is 1. The molecule has 1 saturated heterocycles. The molecule has 106 valence electrons. The largest absolute Gasteiger partial charge is 0.480 e. The minimum atomic E-state index is -0.932. The predicted molar refractivity (Wildman–Crippen MR) is 76.4 cm³/mol. The number of nitrogens with one attached hydrogen (secondary N) is 1. The van der Waals surface area contributed by atoms with Gasteiger partial charge in [0.25, 0.3) is 0 Å². The summed E-state index contributed by atoms with van der Waals surface area (Å²) in [4.78, 5) is 25.5. The second kappa shape index (κ2) is 5.46. The molecule has 0 aliphatic carbocycles. The van der Waals surface area contributed by atoms with Gasteiger partial charge in [0.15, 0.2) is 0 Å². The molecule has 3 rings (SSSR count). The molecule has 0 saturated carbocycles. The molecule has 0 spiro atoms. The number of aliphatic carboxylic acids is 1. The van der Waals surface area contributed by atoms with Gasteiger partial charge in [0, 0.05) is 24.6 Å². The number of hydrogen-bond acceptors (Lipinski definition) is 4. The second-order valence-electron chi connectivity index (χ2n) is 5.06. The molecule has 1 aromatic rings. The van der Waals surface area contributed by atoms with E-state index in [4.69, 9.17) is 0 Å². The third-order valence-electron chi connectivity index (χ3n) is 3.83. The molecule has 2 aliphatic heterocycles. The molecule has 1 fully saturated rings. The molecule has 6 heteroatoms. The highest BCUT2D eigenvalue weighted by molar-refractivity contribution is 7.99. The number of hydrogen-bond donors (Lipinski definition) is 2. The Kier molecular flexibility index (Phi) is 3.67. The lowest BCUT2D eigenvalue weighted by Crippen LogP contribution is -2.54. The van der Waals surface area contributed by atoms with Crippen LogP contribution in [0.25, 0.3) is 0 Å². The molecule has 0 aromatic heterocycles. The van der Waals surface area contributed by atoms with Crippen LogP contribution in [-0.2, 0) is 22.6 Å². The molecule has 1 unspecified atom stereocenters. The van der Waals surface area contributed by atoms with Gasteiger partial charge in [-0.25, -0.2) is 4.79 Å². The van der Waals surface area contributed by atoms with E-state index in [2.05, 4.69) is 5.32 Å². The zero-order valence-electron chi connectivity index (χ0n) is 10.9. The van der Waals surface area contributed by atoms with Gasteiger partial charge in [0.2, 0.25) is 5.91 Å². The van der Waals surface area contributed by atoms with Crippen molar-refractivity contribution in [1.82, 2.24) is 10.2 Å². The molecular formula is C14H16N2O3S. The third-order valence-corrected chi connectivity index (χ3v) is 4.77. The van der Waals surface area contributed by atoms with E-state index in [0.29, 0.717) is 18.7 Å². The molecule has 20 heavy (non-hydrogen) atoms. The highest BCUT2D eigenvalue weighted by Gasteiger charge is 2.38. The highest BCUT2D eigenvalue weighted by Crippen LogP contribution is 2.25. The quantitative estimate of drug-likeness (QED) is 0.839. The van der Waals surface area contributed by atoms with Crippen molar-refractivity contribution in [2.45, 2.75) is 25.0 Å². The van der Waals surface area contributed by atoms with Crippen LogP contribution in [0.3, 0.4) is 0 Å². The minimum absolute atomic E-state index is 0.100. The summed E-state index contributed by atoms with van der Waals surface area (Å²) in [6.45, 7) is 0.384. The Morgan fingerprint density at radius 3 is 2.70 bits per heavy atom. The molecule has 1 amide bonds. The van der Waals surface area contributed by atoms with Gasteiger partial charge in [0.05, 0.1) is 6.04 Å². The average molecular weight is 292 g/mol. The average Bonchev–Trinajstić information content (AvgIpc) is 2.99. The van der Waals surface area contributed by atoms with E-state index in [1.165, 1.54) is 4.90 Å². The molecule has 0 radical (unpaired) electrons. The Morgan fingerprint density at radius 2 is 2.05 bits per heavy atom. The zero-order chi connectivity index (χ0) is 14.1. The van der Waals surface area contributed by atoms with Gasteiger partial charge < -0.3 is 10.0 Å². The van der Waals surface area contributed by atoms with Crippen molar-refractivity contribution >= 4 is 23.6 Å². The lowest BCUT2D eigenvalue weighted by molar-refractivity contribution is -0.152. The number of carbonyl (C=O) groups excluding carboxylic acids is 1. The van der Waals surface area contributed by atoms with Crippen molar-refractivity contribution in [1.29, 1.82) is 0 Å². The number of fused-ring (bicyclic) bond motifs is 1. The van der Waals surface area contributed by atoms with Crippen LogP contribution in [0.15, 0.2) is 24.3 Å². The number of amides is 1. The normalized spacial score (nSPS) is 25.3. The first-order chi connectivity index (χ1) is 9.66. The number of thioether (sulfide) groups is 1. The number of carbonyl (C=O) groups is 2. The van der Waals surface area contributed by atoms with E-state index >= 15 is 0 Å². The minimum Gasteiger partial charge on any atom is -0.480 e. The maximum atomic E-state index is 12.5. The molecule has 1 aromatic carbocycles. The Bertz CT molecular complexity index is 543. The van der Waals surface area contributed by atoms with Crippen LogP contribution in [0.1, 0.15) is 11.1 Å². The fourth-order valence-electron chi connectivity index (χ4n) is 2.73. The van der Waals surface area contributed by atoms with Crippen molar-refractivity contribution in [3.8, 4) is 0 Å². The Labute approximate surface area is 121 Å². The van der Waals surface area contributed by atoms with Crippen LogP contribution < -0.4 is 5.32 Å². The maximum Gasteiger partial charge on any atom is 0.326 e. The van der Waals surface area contributed by atoms with Crippen LogP contribution in [0.2, 0.25) is 0 Å². The smallest absolute Gasteiger partial charge is 0.326 e. The summed E-state index contributed by atoms with van der Waals surface area (Å²) in [5, 5.41) is 12.5. The van der Waals surface area contributed by atoms with Crippen LogP contribution in [0.4, 0.5) is 0 Å². The van der Waals surface area contributed by atoms with E-state index < -0.39 is 12.0 Å². The number of rotatable bonds is 2. The molecule has 2 N–H and O–H groups in total. The van der Waals surface area contributed by atoms with Crippen molar-refractivity contribution in [2.24, 2.45) is 0 Å². The van der Waals surface area contributed by atoms with Gasteiger partial charge >= 0.3 is 5.97 Å². The first-order valence-corrected chi connectivity index (χ1v) is 7.73. The SMILES string of the molecule is O=C(O)[C@H]1Cc2ccccc2CN1C(=O)C1CSCN1. The van der Waals surface area contributed by atoms with Gasteiger partial charge in [-0.05, 0) is 11.1 Å². The van der Waals surface area contributed by atoms with Gasteiger partial charge in [-0.3, -0.25) is 10.1 Å². The molecule has 2 atom stereocenters. The lowest BCUT2D eigenvalue weighted by Gasteiger charge is -2.35. The summed E-state index contributed by atoms with van der Waals surface area (Å²) < 4.78 is 0. The summed E-state index contributed by atoms with van der Waals surface area (Å²) in [7, 11) is 0. The van der Waals surface area contributed by atoms with Crippen molar-refractivity contribution in [3.63, 3.8) is 0 Å². The van der Waals surface area contributed by atoms with Crippen LogP contribution in [0, 0.1) is 0 Å². The summed E-state index contributed by atoms with van der Waals surface area (Å²) in [6.07, 6.45) is 0.386. The zero-order valence-corrected chi connectivity index (χ0v) is 11.7. The molecule has 2 heterocycles. The summed E-state index contributed by atoms with van der Waals surface area (Å²) in [5.41, 5.74) is 2.07. The number of carboxylic acid groups (broad SMARTS) is 1. The molecular weight excluding hydrogens is 276 g/mol. The van der Waals surface area contributed by atoms with Gasteiger partial charge in [0.1, 0.15) is 6.04 Å². The lowest BCUT2D eigenvalue weighted by atomic mass is 9.93. The molecule has 0 bridgehead atoms. The molecule has 2 aliphatic rings. The highest BCUT2D eigenvalue weighted by atomic mass is 32.2. The van der Waals surface area contributed by atoms with Crippen molar-refractivity contribution < 1.29 is 14.7 Å². The van der Waals surface area contributed by atoms with Gasteiger partial charge in [-0.15, -0.1) is 11.8 Å². The number of benzene rings is 1. The predicted octanol–water partition coefficient (Wildman–Crippen LogP) is 0.687. The van der Waals surface area contributed by atoms with Gasteiger partial charge in [-0.1, -0.05) is 24.3 Å². The Morgan fingerprint density at radius 1 is 1.30 bits per heavy atom. The van der Waals surface area contributed by atoms with Crippen molar-refractivity contribution in [3.05, 3.63) is 35.4 Å². The van der Waals surface area contributed by atoms with Crippen LogP contribution >= 0.6 is 11.8 Å². The van der Waals surface area contributed by atoms with Crippen LogP contribution in [-0.4, -0.2) is 45.6 Å². The van der Waals surface area contributed by atoms with E-state index in [1.807, 2.05) is 24.3 Å².